The van der Waals surface area contributed by atoms with Crippen LogP contribution < -0.4 is 14.2 Å². The molecule has 3 rings (SSSR count). The first-order valence-electron chi connectivity index (χ1n) is 9.09. The van der Waals surface area contributed by atoms with Crippen molar-refractivity contribution in [2.24, 2.45) is 0 Å². The summed E-state index contributed by atoms with van der Waals surface area (Å²) in [5.74, 6) is 1.38. The molecule has 0 aliphatic heterocycles. The van der Waals surface area contributed by atoms with Crippen LogP contribution in [-0.4, -0.2) is 31.2 Å². The van der Waals surface area contributed by atoms with Crippen molar-refractivity contribution in [2.75, 3.05) is 20.8 Å². The largest absolute Gasteiger partial charge is 0.493 e. The number of ketones is 1. The molecule has 0 fully saturated rings. The molecule has 0 spiro atoms. The number of aryl methyl sites for hydroxylation is 2. The lowest BCUT2D eigenvalue weighted by Gasteiger charge is -2.14. The number of Topliss-reactive ketones (excluding diaryl/α,β-unsaturated/α-hetero) is 1. The maximum atomic E-state index is 12.9. The van der Waals surface area contributed by atoms with Gasteiger partial charge in [-0.25, -0.2) is 0 Å². The van der Waals surface area contributed by atoms with Crippen molar-refractivity contribution in [1.29, 1.82) is 0 Å². The molecule has 146 valence electrons. The van der Waals surface area contributed by atoms with Gasteiger partial charge >= 0.3 is 0 Å². The fourth-order valence-corrected chi connectivity index (χ4v) is 3.31. The third-order valence-electron chi connectivity index (χ3n) is 4.75. The van der Waals surface area contributed by atoms with Crippen LogP contribution in [0.25, 0.3) is 5.69 Å². The predicted molar refractivity (Wildman–Crippen MR) is 109 cm³/mol. The SMILES string of the molecule is COc1cccc(OC)c1OCC(=O)c1cc(C)n(-c2ccc(C)cc2)c1C. The van der Waals surface area contributed by atoms with Gasteiger partial charge in [-0.1, -0.05) is 23.8 Å². The molecule has 0 unspecified atom stereocenters. The number of para-hydroxylation sites is 1. The summed E-state index contributed by atoms with van der Waals surface area (Å²) in [5, 5.41) is 0. The fraction of sp³-hybridized carbons (Fsp3) is 0.261. The van der Waals surface area contributed by atoms with E-state index >= 15 is 0 Å². The second-order valence-corrected chi connectivity index (χ2v) is 6.66. The summed E-state index contributed by atoms with van der Waals surface area (Å²) >= 11 is 0. The number of benzene rings is 2. The molecule has 0 saturated carbocycles. The summed E-state index contributed by atoms with van der Waals surface area (Å²) in [6.07, 6.45) is 0. The zero-order valence-electron chi connectivity index (χ0n) is 16.9. The molecule has 0 radical (unpaired) electrons. The average Bonchev–Trinajstić information content (AvgIpc) is 3.00. The van der Waals surface area contributed by atoms with E-state index in [0.29, 0.717) is 22.8 Å². The highest BCUT2D eigenvalue weighted by Gasteiger charge is 2.19. The molecule has 1 heterocycles. The van der Waals surface area contributed by atoms with Gasteiger partial charge in [-0.2, -0.15) is 0 Å². The van der Waals surface area contributed by atoms with Crippen LogP contribution in [0.3, 0.4) is 0 Å². The van der Waals surface area contributed by atoms with Crippen molar-refractivity contribution < 1.29 is 19.0 Å². The van der Waals surface area contributed by atoms with Crippen molar-refractivity contribution in [1.82, 2.24) is 4.57 Å². The molecule has 0 N–H and O–H groups in total. The minimum atomic E-state index is -0.102. The Hall–Kier alpha value is -3.21. The molecule has 0 saturated heterocycles. The predicted octanol–water partition coefficient (Wildman–Crippen LogP) is 4.68. The van der Waals surface area contributed by atoms with E-state index in [1.165, 1.54) is 5.56 Å². The molecule has 0 aliphatic carbocycles. The van der Waals surface area contributed by atoms with Gasteiger partial charge in [-0.15, -0.1) is 0 Å². The second-order valence-electron chi connectivity index (χ2n) is 6.66. The zero-order valence-corrected chi connectivity index (χ0v) is 16.9. The molecular formula is C23H25NO4. The molecule has 2 aromatic carbocycles. The molecule has 3 aromatic rings. The van der Waals surface area contributed by atoms with E-state index in [4.69, 9.17) is 14.2 Å². The summed E-state index contributed by atoms with van der Waals surface area (Å²) < 4.78 is 18.5. The van der Waals surface area contributed by atoms with Crippen molar-refractivity contribution in [3.63, 3.8) is 0 Å². The normalized spacial score (nSPS) is 10.6. The first-order chi connectivity index (χ1) is 13.5. The molecule has 28 heavy (non-hydrogen) atoms. The van der Waals surface area contributed by atoms with Crippen LogP contribution in [0.2, 0.25) is 0 Å². The number of ether oxygens (including phenoxy) is 3. The van der Waals surface area contributed by atoms with Gasteiger partial charge in [0.25, 0.3) is 0 Å². The monoisotopic (exact) mass is 379 g/mol. The number of hydrogen-bond donors (Lipinski definition) is 0. The summed E-state index contributed by atoms with van der Waals surface area (Å²) in [6, 6.07) is 15.5. The fourth-order valence-electron chi connectivity index (χ4n) is 3.31. The number of nitrogens with zero attached hydrogens (tertiary/aromatic N) is 1. The van der Waals surface area contributed by atoms with Gasteiger partial charge in [0.05, 0.1) is 14.2 Å². The Kier molecular flexibility index (Phi) is 5.73. The van der Waals surface area contributed by atoms with Crippen LogP contribution in [0, 0.1) is 20.8 Å². The highest BCUT2D eigenvalue weighted by Crippen LogP contribution is 2.36. The quantitative estimate of drug-likeness (QED) is 0.559. The summed E-state index contributed by atoms with van der Waals surface area (Å²) in [7, 11) is 3.11. The Labute approximate surface area is 165 Å². The van der Waals surface area contributed by atoms with Gasteiger partial charge in [-0.05, 0) is 51.1 Å². The maximum Gasteiger partial charge on any atom is 0.203 e. The van der Waals surface area contributed by atoms with Gasteiger partial charge in [0.2, 0.25) is 11.5 Å². The van der Waals surface area contributed by atoms with E-state index in [9.17, 15) is 4.79 Å². The summed E-state index contributed by atoms with van der Waals surface area (Å²) in [6.45, 7) is 5.89. The molecule has 0 amide bonds. The minimum Gasteiger partial charge on any atom is -0.493 e. The number of carbonyl (C=O) groups excluding carboxylic acids is 1. The lowest BCUT2D eigenvalue weighted by atomic mass is 10.1. The Bertz CT molecular complexity index is 964. The van der Waals surface area contributed by atoms with E-state index < -0.39 is 0 Å². The van der Waals surface area contributed by atoms with Gasteiger partial charge in [0.1, 0.15) is 0 Å². The first-order valence-corrected chi connectivity index (χ1v) is 9.09. The zero-order chi connectivity index (χ0) is 20.3. The Morgan fingerprint density at radius 1 is 0.929 bits per heavy atom. The van der Waals surface area contributed by atoms with E-state index in [1.54, 1.807) is 26.4 Å². The van der Waals surface area contributed by atoms with Crippen LogP contribution >= 0.6 is 0 Å². The number of aromatic nitrogens is 1. The number of rotatable bonds is 7. The molecule has 0 aliphatic rings. The minimum absolute atomic E-state index is 0.0978. The van der Waals surface area contributed by atoms with E-state index in [1.807, 2.05) is 26.0 Å². The molecule has 5 heteroatoms. The molecule has 0 bridgehead atoms. The topological polar surface area (TPSA) is 49.7 Å². The van der Waals surface area contributed by atoms with Crippen LogP contribution in [0.1, 0.15) is 27.3 Å². The summed E-state index contributed by atoms with van der Waals surface area (Å²) in [4.78, 5) is 12.9. The highest BCUT2D eigenvalue weighted by atomic mass is 16.5. The lowest BCUT2D eigenvalue weighted by molar-refractivity contribution is 0.0916. The molecular weight excluding hydrogens is 354 g/mol. The standard InChI is InChI=1S/C23H25NO4/c1-15-9-11-18(12-10-15)24-16(2)13-19(17(24)3)20(25)14-28-23-21(26-4)7-6-8-22(23)27-5/h6-13H,14H2,1-5H3. The van der Waals surface area contributed by atoms with E-state index in [0.717, 1.165) is 17.1 Å². The second kappa shape index (κ2) is 8.21. The molecule has 0 atom stereocenters. The Morgan fingerprint density at radius 2 is 1.54 bits per heavy atom. The van der Waals surface area contributed by atoms with Crippen molar-refractivity contribution in [3.8, 4) is 22.9 Å². The lowest BCUT2D eigenvalue weighted by Crippen LogP contribution is -2.13. The van der Waals surface area contributed by atoms with E-state index in [-0.39, 0.29) is 12.4 Å². The van der Waals surface area contributed by atoms with Gasteiger partial charge in [0, 0.05) is 22.6 Å². The third-order valence-corrected chi connectivity index (χ3v) is 4.75. The Morgan fingerprint density at radius 3 is 2.11 bits per heavy atom. The van der Waals surface area contributed by atoms with Gasteiger partial charge < -0.3 is 18.8 Å². The molecule has 5 nitrogen and oxygen atoms in total. The van der Waals surface area contributed by atoms with Gasteiger partial charge in [-0.3, -0.25) is 4.79 Å². The average molecular weight is 379 g/mol. The Balaban J connectivity index is 1.85. The van der Waals surface area contributed by atoms with Crippen molar-refractivity contribution >= 4 is 5.78 Å². The number of carbonyl (C=O) groups is 1. The number of methoxy groups -OCH3 is 2. The van der Waals surface area contributed by atoms with Crippen LogP contribution in [-0.2, 0) is 0 Å². The van der Waals surface area contributed by atoms with Crippen molar-refractivity contribution in [3.05, 3.63) is 71.0 Å². The van der Waals surface area contributed by atoms with Crippen LogP contribution in [0.5, 0.6) is 17.2 Å². The molecule has 1 aromatic heterocycles. The third kappa shape index (κ3) is 3.74. The number of hydrogen-bond acceptors (Lipinski definition) is 4. The van der Waals surface area contributed by atoms with Crippen LogP contribution in [0.15, 0.2) is 48.5 Å². The highest BCUT2D eigenvalue weighted by molar-refractivity contribution is 5.98. The van der Waals surface area contributed by atoms with Crippen molar-refractivity contribution in [2.45, 2.75) is 20.8 Å². The van der Waals surface area contributed by atoms with E-state index in [2.05, 4.69) is 35.8 Å². The summed E-state index contributed by atoms with van der Waals surface area (Å²) in [5.41, 5.74) is 4.77. The smallest absolute Gasteiger partial charge is 0.203 e. The van der Waals surface area contributed by atoms with Crippen LogP contribution in [0.4, 0.5) is 0 Å². The van der Waals surface area contributed by atoms with Gasteiger partial charge in [0.15, 0.2) is 18.1 Å². The first kappa shape index (κ1) is 19.5. The maximum absolute atomic E-state index is 12.9.